The smallest absolute Gasteiger partial charge is 0.377 e. The minimum atomic E-state index is -0.791. The largest absolute Gasteiger partial charge is 0.493 e. The Morgan fingerprint density at radius 2 is 2.00 bits per heavy atom. The van der Waals surface area contributed by atoms with Crippen molar-refractivity contribution < 1.29 is 23.8 Å². The maximum atomic E-state index is 12.4. The van der Waals surface area contributed by atoms with Crippen LogP contribution in [0.25, 0.3) is 5.69 Å². The molecule has 2 aromatic rings. The zero-order valence-electron chi connectivity index (χ0n) is 15.5. The zero-order chi connectivity index (χ0) is 20.1. The molecule has 2 heterocycles. The van der Waals surface area contributed by atoms with Crippen molar-refractivity contribution in [1.29, 1.82) is 5.26 Å². The normalized spacial score (nSPS) is 12.8. The van der Waals surface area contributed by atoms with Crippen molar-refractivity contribution >= 4 is 17.7 Å². The lowest BCUT2D eigenvalue weighted by atomic mass is 10.2. The van der Waals surface area contributed by atoms with Crippen LogP contribution in [0.4, 0.5) is 5.82 Å². The second-order valence-electron chi connectivity index (χ2n) is 6.04. The number of anilines is 1. The highest BCUT2D eigenvalue weighted by atomic mass is 16.6. The van der Waals surface area contributed by atoms with Crippen LogP contribution >= 0.6 is 0 Å². The number of carbonyl (C=O) groups is 2. The minimum Gasteiger partial charge on any atom is -0.493 e. The lowest BCUT2D eigenvalue weighted by Gasteiger charge is -2.15. The summed E-state index contributed by atoms with van der Waals surface area (Å²) in [7, 11) is 0. The summed E-state index contributed by atoms with van der Waals surface area (Å²) in [6.07, 6.45) is 1.16. The molecule has 8 nitrogen and oxygen atoms in total. The molecule has 144 valence electrons. The summed E-state index contributed by atoms with van der Waals surface area (Å²) in [5.41, 5.74) is 2.74. The summed E-state index contributed by atoms with van der Waals surface area (Å²) in [6.45, 7) is 3.75. The van der Waals surface area contributed by atoms with E-state index < -0.39 is 18.5 Å². The molecule has 0 atom stereocenters. The number of amides is 1. The van der Waals surface area contributed by atoms with Crippen LogP contribution in [0, 0.1) is 25.2 Å². The molecule has 1 aromatic carbocycles. The van der Waals surface area contributed by atoms with Gasteiger partial charge in [-0.1, -0.05) is 18.2 Å². The summed E-state index contributed by atoms with van der Waals surface area (Å²) in [5.74, 6) is -1.12. The van der Waals surface area contributed by atoms with Gasteiger partial charge in [0.15, 0.2) is 6.61 Å². The summed E-state index contributed by atoms with van der Waals surface area (Å²) in [6, 6.07) is 11.5. The predicted molar refractivity (Wildman–Crippen MR) is 99.5 cm³/mol. The van der Waals surface area contributed by atoms with Crippen LogP contribution in [0.15, 0.2) is 42.4 Å². The molecule has 0 spiro atoms. The van der Waals surface area contributed by atoms with Crippen LogP contribution in [-0.2, 0) is 23.8 Å². The van der Waals surface area contributed by atoms with Crippen molar-refractivity contribution in [2.75, 3.05) is 25.1 Å². The molecule has 0 saturated carbocycles. The summed E-state index contributed by atoms with van der Waals surface area (Å²) in [4.78, 5) is 24.3. The summed E-state index contributed by atoms with van der Waals surface area (Å²) in [5, 5.41) is 12.2. The molecule has 8 heteroatoms. The van der Waals surface area contributed by atoms with E-state index in [0.717, 1.165) is 23.2 Å². The van der Waals surface area contributed by atoms with Gasteiger partial charge >= 0.3 is 5.97 Å². The van der Waals surface area contributed by atoms with Crippen molar-refractivity contribution in [3.8, 4) is 11.8 Å². The van der Waals surface area contributed by atoms with Crippen LogP contribution in [0.3, 0.4) is 0 Å². The molecule has 0 saturated heterocycles. The van der Waals surface area contributed by atoms with E-state index in [1.54, 1.807) is 4.57 Å². The van der Waals surface area contributed by atoms with E-state index in [9.17, 15) is 14.9 Å². The third-order valence-corrected chi connectivity index (χ3v) is 4.28. The van der Waals surface area contributed by atoms with Gasteiger partial charge in [0.2, 0.25) is 5.76 Å². The van der Waals surface area contributed by atoms with Crippen LogP contribution < -0.4 is 5.32 Å². The van der Waals surface area contributed by atoms with Crippen LogP contribution in [-0.4, -0.2) is 36.3 Å². The van der Waals surface area contributed by atoms with Crippen molar-refractivity contribution in [2.45, 2.75) is 13.8 Å². The maximum absolute atomic E-state index is 12.4. The van der Waals surface area contributed by atoms with E-state index in [0.29, 0.717) is 18.0 Å². The molecule has 1 aliphatic heterocycles. The quantitative estimate of drug-likeness (QED) is 0.798. The lowest BCUT2D eigenvalue weighted by Crippen LogP contribution is -2.25. The fourth-order valence-corrected chi connectivity index (χ4v) is 2.81. The highest BCUT2D eigenvalue weighted by Crippen LogP contribution is 2.29. The number of esters is 1. The fraction of sp³-hybridized carbons (Fsp3) is 0.250. The Bertz CT molecular complexity index is 970. The van der Waals surface area contributed by atoms with Gasteiger partial charge < -0.3 is 19.5 Å². The van der Waals surface area contributed by atoms with Gasteiger partial charge in [-0.25, -0.2) is 4.79 Å². The predicted octanol–water partition coefficient (Wildman–Crippen LogP) is 2.34. The Hall–Kier alpha value is -3.73. The number of para-hydroxylation sites is 1. The Labute approximate surface area is 161 Å². The zero-order valence-corrected chi connectivity index (χ0v) is 15.5. The SMILES string of the molecule is Cc1c(C#N)c(NC(=O)COC(=O)C2=COCCO2)n(-c2ccccc2)c1C. The fourth-order valence-electron chi connectivity index (χ4n) is 2.81. The number of hydrogen-bond donors (Lipinski definition) is 1. The molecule has 0 radical (unpaired) electrons. The number of hydrogen-bond acceptors (Lipinski definition) is 6. The van der Waals surface area contributed by atoms with E-state index in [1.165, 1.54) is 0 Å². The van der Waals surface area contributed by atoms with Crippen molar-refractivity contribution in [3.63, 3.8) is 0 Å². The first-order valence-corrected chi connectivity index (χ1v) is 8.62. The van der Waals surface area contributed by atoms with Gasteiger partial charge in [-0.15, -0.1) is 0 Å². The second-order valence-corrected chi connectivity index (χ2v) is 6.04. The molecule has 1 N–H and O–H groups in total. The minimum absolute atomic E-state index is 0.0869. The first kappa shape index (κ1) is 19.0. The average molecular weight is 381 g/mol. The van der Waals surface area contributed by atoms with E-state index in [4.69, 9.17) is 14.2 Å². The van der Waals surface area contributed by atoms with E-state index in [2.05, 4.69) is 11.4 Å². The first-order chi connectivity index (χ1) is 13.5. The van der Waals surface area contributed by atoms with E-state index in [1.807, 2.05) is 44.2 Å². The Kier molecular flexibility index (Phi) is 5.65. The Balaban J connectivity index is 1.79. The molecule has 0 aliphatic carbocycles. The topological polar surface area (TPSA) is 103 Å². The number of nitrogens with zero attached hydrogens (tertiary/aromatic N) is 2. The van der Waals surface area contributed by atoms with Gasteiger partial charge in [0.25, 0.3) is 5.91 Å². The number of nitriles is 1. The monoisotopic (exact) mass is 381 g/mol. The lowest BCUT2D eigenvalue weighted by molar-refractivity contribution is -0.148. The van der Waals surface area contributed by atoms with Crippen LogP contribution in [0.1, 0.15) is 16.8 Å². The molecule has 3 rings (SSSR count). The van der Waals surface area contributed by atoms with Gasteiger partial charge in [-0.05, 0) is 31.5 Å². The third-order valence-electron chi connectivity index (χ3n) is 4.28. The number of aromatic nitrogens is 1. The highest BCUT2D eigenvalue weighted by Gasteiger charge is 2.22. The van der Waals surface area contributed by atoms with Gasteiger partial charge in [-0.2, -0.15) is 5.26 Å². The number of rotatable bonds is 5. The molecule has 1 aromatic heterocycles. The van der Waals surface area contributed by atoms with Crippen LogP contribution in [0.5, 0.6) is 0 Å². The van der Waals surface area contributed by atoms with Gasteiger partial charge in [0.05, 0.1) is 5.56 Å². The summed E-state index contributed by atoms with van der Waals surface area (Å²) < 4.78 is 16.8. The molecule has 0 fully saturated rings. The number of carbonyl (C=O) groups excluding carboxylic acids is 2. The second kappa shape index (κ2) is 8.31. The van der Waals surface area contributed by atoms with Crippen molar-refractivity contribution in [3.05, 3.63) is 59.2 Å². The molecule has 28 heavy (non-hydrogen) atoms. The third kappa shape index (κ3) is 3.83. The van der Waals surface area contributed by atoms with Gasteiger partial charge in [-0.3, -0.25) is 9.36 Å². The molecule has 1 amide bonds. The van der Waals surface area contributed by atoms with Gasteiger partial charge in [0.1, 0.15) is 31.4 Å². The standard InChI is InChI=1S/C20H19N3O5/c1-13-14(2)23(15-6-4-3-5-7-15)19(16(13)10-21)22-18(24)12-28-20(25)17-11-26-8-9-27-17/h3-7,11H,8-9,12H2,1-2H3,(H,22,24). The van der Waals surface area contributed by atoms with Crippen LogP contribution in [0.2, 0.25) is 0 Å². The van der Waals surface area contributed by atoms with E-state index in [-0.39, 0.29) is 12.4 Å². The molecule has 0 unspecified atom stereocenters. The molecular formula is C20H19N3O5. The number of ether oxygens (including phenoxy) is 3. The Morgan fingerprint density at radius 1 is 1.25 bits per heavy atom. The summed E-state index contributed by atoms with van der Waals surface area (Å²) >= 11 is 0. The van der Waals surface area contributed by atoms with Crippen molar-refractivity contribution in [1.82, 2.24) is 4.57 Å². The molecular weight excluding hydrogens is 362 g/mol. The van der Waals surface area contributed by atoms with Gasteiger partial charge in [0, 0.05) is 11.4 Å². The number of nitrogens with one attached hydrogen (secondary N) is 1. The maximum Gasteiger partial charge on any atom is 0.377 e. The first-order valence-electron chi connectivity index (χ1n) is 8.62. The average Bonchev–Trinajstić information content (AvgIpc) is 2.96. The van der Waals surface area contributed by atoms with E-state index >= 15 is 0 Å². The number of benzene rings is 1. The molecule has 1 aliphatic rings. The van der Waals surface area contributed by atoms with Crippen molar-refractivity contribution in [2.24, 2.45) is 0 Å². The Morgan fingerprint density at radius 3 is 2.64 bits per heavy atom. The highest BCUT2D eigenvalue weighted by molar-refractivity contribution is 5.95. The molecule has 0 bridgehead atoms.